The smallest absolute Gasteiger partial charge is 0.424 e. The molecular formula is C12H13NO5. The number of nitrogens with zero attached hydrogens (tertiary/aromatic N) is 1. The number of rotatable bonds is 4. The number of hydrogen-bond donors (Lipinski definition) is 0. The van der Waals surface area contributed by atoms with Crippen LogP contribution in [0.25, 0.3) is 0 Å². The Hall–Kier alpha value is -2.37. The molecule has 6 heteroatoms. The summed E-state index contributed by atoms with van der Waals surface area (Å²) in [7, 11) is 0. The molecule has 0 saturated carbocycles. The highest BCUT2D eigenvalue weighted by Crippen LogP contribution is 2.19. The molecule has 0 spiro atoms. The molecule has 0 aromatic heterocycles. The summed E-state index contributed by atoms with van der Waals surface area (Å²) in [6.45, 7) is 6.82. The zero-order valence-electron chi connectivity index (χ0n) is 10.1. The van der Waals surface area contributed by atoms with Gasteiger partial charge in [-0.05, 0) is 32.1 Å². The summed E-state index contributed by atoms with van der Waals surface area (Å²) < 4.78 is 9.81. The fourth-order valence-corrected chi connectivity index (χ4v) is 1.01. The standard InChI is InChI=1S/C12H13NO5/c1-4-12(2,3)18-11(14)17-10-7-5-9(6-8-10)13(15)16/h4-8H,1H2,2-3H3. The molecule has 1 aromatic rings. The zero-order valence-corrected chi connectivity index (χ0v) is 10.1. The minimum Gasteiger partial charge on any atom is -0.424 e. The van der Waals surface area contributed by atoms with Crippen molar-refractivity contribution in [1.29, 1.82) is 0 Å². The molecule has 0 aliphatic carbocycles. The van der Waals surface area contributed by atoms with Crippen LogP contribution in [0.3, 0.4) is 0 Å². The molecule has 0 saturated heterocycles. The van der Waals surface area contributed by atoms with Crippen molar-refractivity contribution in [3.05, 3.63) is 47.0 Å². The van der Waals surface area contributed by atoms with E-state index in [9.17, 15) is 14.9 Å². The molecule has 0 unspecified atom stereocenters. The maximum absolute atomic E-state index is 11.4. The van der Waals surface area contributed by atoms with Crippen molar-refractivity contribution in [1.82, 2.24) is 0 Å². The highest BCUT2D eigenvalue weighted by molar-refractivity contribution is 5.64. The van der Waals surface area contributed by atoms with Gasteiger partial charge in [0.2, 0.25) is 0 Å². The number of hydrogen-bond acceptors (Lipinski definition) is 5. The number of carbonyl (C=O) groups excluding carboxylic acids is 1. The van der Waals surface area contributed by atoms with Crippen LogP contribution in [0.1, 0.15) is 13.8 Å². The van der Waals surface area contributed by atoms with E-state index in [4.69, 9.17) is 9.47 Å². The van der Waals surface area contributed by atoms with Gasteiger partial charge in [0.05, 0.1) is 4.92 Å². The van der Waals surface area contributed by atoms with E-state index < -0.39 is 16.7 Å². The Labute approximate surface area is 104 Å². The first-order valence-corrected chi connectivity index (χ1v) is 5.13. The van der Waals surface area contributed by atoms with Crippen LogP contribution in [0.15, 0.2) is 36.9 Å². The van der Waals surface area contributed by atoms with Crippen LogP contribution >= 0.6 is 0 Å². The maximum Gasteiger partial charge on any atom is 0.514 e. The van der Waals surface area contributed by atoms with Crippen molar-refractivity contribution in [2.45, 2.75) is 19.4 Å². The van der Waals surface area contributed by atoms with Crippen molar-refractivity contribution in [3.8, 4) is 5.75 Å². The summed E-state index contributed by atoms with van der Waals surface area (Å²) in [6, 6.07) is 5.11. The molecular weight excluding hydrogens is 238 g/mol. The van der Waals surface area contributed by atoms with Crippen molar-refractivity contribution in [3.63, 3.8) is 0 Å². The third kappa shape index (κ3) is 3.89. The van der Waals surface area contributed by atoms with Crippen LogP contribution in [0, 0.1) is 10.1 Å². The summed E-state index contributed by atoms with van der Waals surface area (Å²) in [5.74, 6) is 0.172. The van der Waals surface area contributed by atoms with E-state index in [0.29, 0.717) is 0 Å². The highest BCUT2D eigenvalue weighted by Gasteiger charge is 2.20. The van der Waals surface area contributed by atoms with Gasteiger partial charge < -0.3 is 9.47 Å². The zero-order chi connectivity index (χ0) is 13.8. The van der Waals surface area contributed by atoms with Crippen molar-refractivity contribution >= 4 is 11.8 Å². The molecule has 6 nitrogen and oxygen atoms in total. The molecule has 1 aromatic carbocycles. The number of carbonyl (C=O) groups is 1. The lowest BCUT2D eigenvalue weighted by Gasteiger charge is -2.19. The largest absolute Gasteiger partial charge is 0.514 e. The summed E-state index contributed by atoms with van der Waals surface area (Å²) in [5, 5.41) is 10.4. The van der Waals surface area contributed by atoms with E-state index in [1.54, 1.807) is 13.8 Å². The molecule has 1 rings (SSSR count). The van der Waals surface area contributed by atoms with E-state index in [1.807, 2.05) is 0 Å². The van der Waals surface area contributed by atoms with Gasteiger partial charge in [-0.3, -0.25) is 10.1 Å². The number of nitro groups is 1. The van der Waals surface area contributed by atoms with Gasteiger partial charge in [-0.15, -0.1) is 0 Å². The maximum atomic E-state index is 11.4. The molecule has 0 radical (unpaired) electrons. The molecule has 0 fully saturated rings. The first-order chi connectivity index (χ1) is 8.34. The highest BCUT2D eigenvalue weighted by atomic mass is 16.7. The van der Waals surface area contributed by atoms with E-state index in [-0.39, 0.29) is 11.4 Å². The van der Waals surface area contributed by atoms with Crippen LogP contribution in [0.2, 0.25) is 0 Å². The third-order valence-corrected chi connectivity index (χ3v) is 2.09. The average molecular weight is 251 g/mol. The normalized spacial score (nSPS) is 10.6. The van der Waals surface area contributed by atoms with Gasteiger partial charge in [0.15, 0.2) is 0 Å². The third-order valence-electron chi connectivity index (χ3n) is 2.09. The fraction of sp³-hybridized carbons (Fsp3) is 0.250. The molecule has 0 aliphatic rings. The second-order valence-corrected chi connectivity index (χ2v) is 4.01. The summed E-state index contributed by atoms with van der Waals surface area (Å²) >= 11 is 0. The van der Waals surface area contributed by atoms with Crippen LogP contribution in [0.5, 0.6) is 5.75 Å². The van der Waals surface area contributed by atoms with Crippen LogP contribution in [-0.2, 0) is 4.74 Å². The second-order valence-electron chi connectivity index (χ2n) is 4.01. The SMILES string of the molecule is C=CC(C)(C)OC(=O)Oc1ccc([N+](=O)[O-])cc1. The lowest BCUT2D eigenvalue weighted by molar-refractivity contribution is -0.384. The van der Waals surface area contributed by atoms with Crippen molar-refractivity contribution in [2.75, 3.05) is 0 Å². The van der Waals surface area contributed by atoms with Crippen LogP contribution in [-0.4, -0.2) is 16.7 Å². The molecule has 0 atom stereocenters. The first kappa shape index (κ1) is 13.7. The summed E-state index contributed by atoms with van der Waals surface area (Å²) in [4.78, 5) is 21.3. The van der Waals surface area contributed by atoms with E-state index in [1.165, 1.54) is 30.3 Å². The van der Waals surface area contributed by atoms with Gasteiger partial charge in [-0.2, -0.15) is 0 Å². The average Bonchev–Trinajstić information content (AvgIpc) is 2.29. The predicted octanol–water partition coefficient (Wildman–Crippen LogP) is 3.07. The Bertz CT molecular complexity index is 464. The van der Waals surface area contributed by atoms with Crippen molar-refractivity contribution in [2.24, 2.45) is 0 Å². The molecule has 96 valence electrons. The van der Waals surface area contributed by atoms with E-state index >= 15 is 0 Å². The topological polar surface area (TPSA) is 78.7 Å². The number of nitro benzene ring substituents is 1. The predicted molar refractivity (Wildman–Crippen MR) is 64.5 cm³/mol. The molecule has 0 heterocycles. The van der Waals surface area contributed by atoms with Gasteiger partial charge in [-0.1, -0.05) is 6.58 Å². The number of ether oxygens (including phenoxy) is 2. The first-order valence-electron chi connectivity index (χ1n) is 5.13. The molecule has 0 aliphatic heterocycles. The lowest BCUT2D eigenvalue weighted by atomic mass is 10.1. The van der Waals surface area contributed by atoms with Gasteiger partial charge in [0.1, 0.15) is 11.4 Å². The van der Waals surface area contributed by atoms with Gasteiger partial charge in [0, 0.05) is 12.1 Å². The minimum atomic E-state index is -0.895. The van der Waals surface area contributed by atoms with Gasteiger partial charge in [-0.25, -0.2) is 4.79 Å². The summed E-state index contributed by atoms with van der Waals surface area (Å²) in [5.41, 5.74) is -0.917. The van der Waals surface area contributed by atoms with Crippen molar-refractivity contribution < 1.29 is 19.2 Å². The van der Waals surface area contributed by atoms with Crippen LogP contribution in [0.4, 0.5) is 10.5 Å². The Balaban J connectivity index is 2.65. The Morgan fingerprint density at radius 2 is 1.94 bits per heavy atom. The Morgan fingerprint density at radius 3 is 2.39 bits per heavy atom. The van der Waals surface area contributed by atoms with Crippen LogP contribution < -0.4 is 4.74 Å². The van der Waals surface area contributed by atoms with Gasteiger partial charge in [0.25, 0.3) is 5.69 Å². The van der Waals surface area contributed by atoms with Gasteiger partial charge >= 0.3 is 6.16 Å². The van der Waals surface area contributed by atoms with E-state index in [0.717, 1.165) is 0 Å². The van der Waals surface area contributed by atoms with E-state index in [2.05, 4.69) is 6.58 Å². The molecule has 0 amide bonds. The molecule has 0 bridgehead atoms. The summed E-state index contributed by atoms with van der Waals surface area (Å²) in [6.07, 6.45) is 0.568. The fourth-order valence-electron chi connectivity index (χ4n) is 1.01. The Kier molecular flexibility index (Phi) is 4.04. The molecule has 18 heavy (non-hydrogen) atoms. The lowest BCUT2D eigenvalue weighted by Crippen LogP contribution is -2.27. The monoisotopic (exact) mass is 251 g/mol. The number of non-ortho nitro benzene ring substituents is 1. The Morgan fingerprint density at radius 1 is 1.39 bits per heavy atom. The second kappa shape index (κ2) is 5.31. The minimum absolute atomic E-state index is 0.0814. The quantitative estimate of drug-likeness (QED) is 0.270. The molecule has 0 N–H and O–H groups in total. The number of benzene rings is 1.